The van der Waals surface area contributed by atoms with Gasteiger partial charge in [-0.1, -0.05) is 6.92 Å². The maximum atomic E-state index is 11.4. The van der Waals surface area contributed by atoms with Crippen LogP contribution < -0.4 is 0 Å². The summed E-state index contributed by atoms with van der Waals surface area (Å²) in [7, 11) is 1.69. The molecule has 0 unspecified atom stereocenters. The van der Waals surface area contributed by atoms with Crippen molar-refractivity contribution in [2.75, 3.05) is 46.6 Å². The van der Waals surface area contributed by atoms with Crippen molar-refractivity contribution in [1.29, 1.82) is 0 Å². The molecule has 0 aromatic carbocycles. The highest BCUT2D eigenvalue weighted by Crippen LogP contribution is 2.20. The highest BCUT2D eigenvalue weighted by molar-refractivity contribution is 5.78. The van der Waals surface area contributed by atoms with Gasteiger partial charge in [-0.2, -0.15) is 0 Å². The van der Waals surface area contributed by atoms with E-state index in [1.54, 1.807) is 7.11 Å². The SMILES string of the molecule is CCC(=O)CC1CCN(CCOCCOC)CC1. The smallest absolute Gasteiger partial charge is 0.132 e. The Morgan fingerprint density at radius 3 is 2.56 bits per heavy atom. The summed E-state index contributed by atoms with van der Waals surface area (Å²) < 4.78 is 10.4. The van der Waals surface area contributed by atoms with E-state index in [4.69, 9.17) is 9.47 Å². The maximum Gasteiger partial charge on any atom is 0.132 e. The Balaban J connectivity index is 2.03. The van der Waals surface area contributed by atoms with Crippen LogP contribution in [0.4, 0.5) is 0 Å². The van der Waals surface area contributed by atoms with E-state index in [9.17, 15) is 4.79 Å². The standard InChI is InChI=1S/C14H27NO3/c1-3-14(16)12-13-4-6-15(7-5-13)8-9-18-11-10-17-2/h13H,3-12H2,1-2H3. The van der Waals surface area contributed by atoms with Crippen molar-refractivity contribution in [2.45, 2.75) is 32.6 Å². The summed E-state index contributed by atoms with van der Waals surface area (Å²) in [5.74, 6) is 1.03. The van der Waals surface area contributed by atoms with Gasteiger partial charge in [0.05, 0.1) is 19.8 Å². The summed E-state index contributed by atoms with van der Waals surface area (Å²) in [6, 6.07) is 0. The van der Waals surface area contributed by atoms with E-state index in [0.717, 1.165) is 45.5 Å². The minimum absolute atomic E-state index is 0.413. The topological polar surface area (TPSA) is 38.8 Å². The van der Waals surface area contributed by atoms with Gasteiger partial charge in [0.2, 0.25) is 0 Å². The molecule has 4 heteroatoms. The van der Waals surface area contributed by atoms with Gasteiger partial charge in [0.25, 0.3) is 0 Å². The predicted molar refractivity (Wildman–Crippen MR) is 71.8 cm³/mol. The fourth-order valence-corrected chi connectivity index (χ4v) is 2.32. The summed E-state index contributed by atoms with van der Waals surface area (Å²) in [6.45, 7) is 7.29. The molecule has 1 fully saturated rings. The molecule has 0 amide bonds. The van der Waals surface area contributed by atoms with E-state index in [-0.39, 0.29) is 0 Å². The number of piperidine rings is 1. The summed E-state index contributed by atoms with van der Waals surface area (Å²) in [4.78, 5) is 13.8. The molecule has 106 valence electrons. The first-order valence-electron chi connectivity index (χ1n) is 7.07. The molecular weight excluding hydrogens is 230 g/mol. The van der Waals surface area contributed by atoms with Gasteiger partial charge in [0.15, 0.2) is 0 Å². The third-order valence-corrected chi connectivity index (χ3v) is 3.60. The van der Waals surface area contributed by atoms with Crippen LogP contribution >= 0.6 is 0 Å². The second-order valence-corrected chi connectivity index (χ2v) is 4.99. The van der Waals surface area contributed by atoms with Gasteiger partial charge in [-0.15, -0.1) is 0 Å². The Morgan fingerprint density at radius 1 is 1.22 bits per heavy atom. The second kappa shape index (κ2) is 9.48. The quantitative estimate of drug-likeness (QED) is 0.590. The van der Waals surface area contributed by atoms with E-state index >= 15 is 0 Å². The Hall–Kier alpha value is -0.450. The number of Topliss-reactive ketones (excluding diaryl/α,β-unsaturated/α-hetero) is 1. The number of methoxy groups -OCH3 is 1. The Bertz CT molecular complexity index is 225. The average Bonchev–Trinajstić information content (AvgIpc) is 2.40. The van der Waals surface area contributed by atoms with E-state index in [1.807, 2.05) is 6.92 Å². The predicted octanol–water partition coefficient (Wildman–Crippen LogP) is 1.73. The number of nitrogens with zero attached hydrogens (tertiary/aromatic N) is 1. The number of ketones is 1. The monoisotopic (exact) mass is 257 g/mol. The molecule has 1 aliphatic heterocycles. The first-order chi connectivity index (χ1) is 8.76. The first-order valence-corrected chi connectivity index (χ1v) is 7.07. The van der Waals surface area contributed by atoms with Crippen LogP contribution in [0.25, 0.3) is 0 Å². The average molecular weight is 257 g/mol. The normalized spacial score (nSPS) is 18.1. The number of hydrogen-bond donors (Lipinski definition) is 0. The highest BCUT2D eigenvalue weighted by Gasteiger charge is 2.20. The Kier molecular flexibility index (Phi) is 8.22. The number of likely N-dealkylation sites (tertiary alicyclic amines) is 1. The number of rotatable bonds is 9. The molecule has 1 aliphatic rings. The molecule has 0 spiro atoms. The van der Waals surface area contributed by atoms with Crippen molar-refractivity contribution in [3.8, 4) is 0 Å². The lowest BCUT2D eigenvalue weighted by Crippen LogP contribution is -2.36. The van der Waals surface area contributed by atoms with Gasteiger partial charge in [-0.05, 0) is 31.8 Å². The summed E-state index contributed by atoms with van der Waals surface area (Å²) >= 11 is 0. The zero-order valence-corrected chi connectivity index (χ0v) is 11.8. The first kappa shape index (κ1) is 15.6. The lowest BCUT2D eigenvalue weighted by molar-refractivity contribution is -0.120. The van der Waals surface area contributed by atoms with Gasteiger partial charge < -0.3 is 14.4 Å². The zero-order valence-electron chi connectivity index (χ0n) is 11.8. The molecule has 1 heterocycles. The number of carbonyl (C=O) groups is 1. The van der Waals surface area contributed by atoms with Gasteiger partial charge >= 0.3 is 0 Å². The molecule has 0 radical (unpaired) electrons. The van der Waals surface area contributed by atoms with Crippen LogP contribution in [0.3, 0.4) is 0 Å². The fourth-order valence-electron chi connectivity index (χ4n) is 2.32. The third-order valence-electron chi connectivity index (χ3n) is 3.60. The molecule has 4 nitrogen and oxygen atoms in total. The molecule has 0 N–H and O–H groups in total. The maximum absolute atomic E-state index is 11.4. The highest BCUT2D eigenvalue weighted by atomic mass is 16.5. The van der Waals surface area contributed by atoms with Crippen molar-refractivity contribution >= 4 is 5.78 Å². The Labute approximate surface area is 111 Å². The van der Waals surface area contributed by atoms with Gasteiger partial charge in [0, 0.05) is 26.5 Å². The fraction of sp³-hybridized carbons (Fsp3) is 0.929. The van der Waals surface area contributed by atoms with Crippen LogP contribution in [0.1, 0.15) is 32.6 Å². The summed E-state index contributed by atoms with van der Waals surface area (Å²) in [5.41, 5.74) is 0. The zero-order chi connectivity index (χ0) is 13.2. The number of hydrogen-bond acceptors (Lipinski definition) is 4. The van der Waals surface area contributed by atoms with Crippen molar-refractivity contribution in [3.05, 3.63) is 0 Å². The molecule has 0 aromatic rings. The minimum Gasteiger partial charge on any atom is -0.382 e. The van der Waals surface area contributed by atoms with E-state index in [1.165, 1.54) is 0 Å². The van der Waals surface area contributed by atoms with Gasteiger partial charge in [-0.25, -0.2) is 0 Å². The van der Waals surface area contributed by atoms with E-state index in [0.29, 0.717) is 31.3 Å². The van der Waals surface area contributed by atoms with Crippen LogP contribution in [-0.2, 0) is 14.3 Å². The molecule has 1 saturated heterocycles. The minimum atomic E-state index is 0.413. The molecule has 18 heavy (non-hydrogen) atoms. The molecule has 0 aromatic heterocycles. The molecule has 0 saturated carbocycles. The number of ether oxygens (including phenoxy) is 2. The largest absolute Gasteiger partial charge is 0.382 e. The van der Waals surface area contributed by atoms with Crippen LogP contribution in [0.15, 0.2) is 0 Å². The van der Waals surface area contributed by atoms with Crippen LogP contribution in [-0.4, -0.2) is 57.2 Å². The lowest BCUT2D eigenvalue weighted by atomic mass is 9.91. The molecule has 0 bridgehead atoms. The molecule has 0 atom stereocenters. The molecular formula is C14H27NO3. The van der Waals surface area contributed by atoms with Crippen LogP contribution in [0, 0.1) is 5.92 Å². The summed E-state index contributed by atoms with van der Waals surface area (Å²) in [6.07, 6.45) is 3.79. The second-order valence-electron chi connectivity index (χ2n) is 4.99. The molecule has 0 aliphatic carbocycles. The number of carbonyl (C=O) groups excluding carboxylic acids is 1. The van der Waals surface area contributed by atoms with E-state index < -0.39 is 0 Å². The van der Waals surface area contributed by atoms with Gasteiger partial charge in [-0.3, -0.25) is 4.79 Å². The van der Waals surface area contributed by atoms with Crippen molar-refractivity contribution in [1.82, 2.24) is 4.90 Å². The van der Waals surface area contributed by atoms with Crippen LogP contribution in [0.2, 0.25) is 0 Å². The Morgan fingerprint density at radius 2 is 1.94 bits per heavy atom. The van der Waals surface area contributed by atoms with E-state index in [2.05, 4.69) is 4.90 Å². The van der Waals surface area contributed by atoms with Crippen molar-refractivity contribution in [3.63, 3.8) is 0 Å². The van der Waals surface area contributed by atoms with Crippen LogP contribution in [0.5, 0.6) is 0 Å². The van der Waals surface area contributed by atoms with Gasteiger partial charge in [0.1, 0.15) is 5.78 Å². The third kappa shape index (κ3) is 6.47. The van der Waals surface area contributed by atoms with Crippen molar-refractivity contribution < 1.29 is 14.3 Å². The lowest BCUT2D eigenvalue weighted by Gasteiger charge is -2.31. The van der Waals surface area contributed by atoms with Crippen molar-refractivity contribution in [2.24, 2.45) is 5.92 Å². The molecule has 1 rings (SSSR count). The summed E-state index contributed by atoms with van der Waals surface area (Å²) in [5, 5.41) is 0.